The second kappa shape index (κ2) is 11.4. The smallest absolute Gasteiger partial charge is 0.241 e. The van der Waals surface area contributed by atoms with Gasteiger partial charge in [-0.05, 0) is 30.7 Å². The predicted molar refractivity (Wildman–Crippen MR) is 154 cm³/mol. The third-order valence-electron chi connectivity index (χ3n) is 8.77. The third-order valence-corrected chi connectivity index (χ3v) is 8.77. The summed E-state index contributed by atoms with van der Waals surface area (Å²) in [6, 6.07) is 8.97. The molecule has 0 unspecified atom stereocenters. The van der Waals surface area contributed by atoms with Crippen molar-refractivity contribution in [2.75, 3.05) is 64.0 Å². The molecule has 6 rings (SSSR count). The maximum absolute atomic E-state index is 14.1. The molecule has 1 amide bonds. The number of carbonyl (C=O) groups excluding carboxylic acids is 1. The number of nitrogens with zero attached hydrogens (tertiary/aromatic N) is 6. The number of benzene rings is 1. The molecule has 2 N–H and O–H groups in total. The number of aliphatic hydroxyl groups excluding tert-OH is 1. The minimum absolute atomic E-state index is 0.0171. The van der Waals surface area contributed by atoms with Crippen molar-refractivity contribution in [1.29, 1.82) is 0 Å². The molecule has 0 spiro atoms. The van der Waals surface area contributed by atoms with Crippen molar-refractivity contribution in [1.82, 2.24) is 29.7 Å². The third kappa shape index (κ3) is 5.61. The number of ether oxygens (including phenoxy) is 1. The zero-order valence-corrected chi connectivity index (χ0v) is 24.1. The van der Waals surface area contributed by atoms with Crippen LogP contribution in [0.4, 0.5) is 10.1 Å². The van der Waals surface area contributed by atoms with E-state index in [0.29, 0.717) is 32.7 Å². The number of nitrogens with one attached hydrogen (secondary N) is 1. The fourth-order valence-electron chi connectivity index (χ4n) is 6.63. The van der Waals surface area contributed by atoms with E-state index in [4.69, 9.17) is 4.74 Å². The van der Waals surface area contributed by atoms with Crippen molar-refractivity contribution in [3.8, 4) is 0 Å². The number of pyridine rings is 1. The summed E-state index contributed by atoms with van der Waals surface area (Å²) in [5.74, 6) is -0.210. The summed E-state index contributed by atoms with van der Waals surface area (Å²) in [6.45, 7) is 11.6. The number of aromatic nitrogens is 3. The molecule has 3 aliphatic heterocycles. The molecule has 10 nitrogen and oxygen atoms in total. The molecular formula is C30H40FN7O3. The molecular weight excluding hydrogens is 525 g/mol. The van der Waals surface area contributed by atoms with Crippen molar-refractivity contribution >= 4 is 17.2 Å². The van der Waals surface area contributed by atoms with E-state index < -0.39 is 0 Å². The normalized spacial score (nSPS) is 25.1. The van der Waals surface area contributed by atoms with Gasteiger partial charge >= 0.3 is 0 Å². The molecule has 3 aromatic rings. The molecule has 3 aliphatic rings. The first kappa shape index (κ1) is 28.2. The lowest BCUT2D eigenvalue weighted by Gasteiger charge is -2.44. The minimum atomic E-state index is -0.316. The summed E-state index contributed by atoms with van der Waals surface area (Å²) in [7, 11) is 0. The number of halogens is 1. The Hall–Kier alpha value is -2.96. The van der Waals surface area contributed by atoms with Crippen LogP contribution in [0.5, 0.6) is 0 Å². The minimum Gasteiger partial charge on any atom is -0.395 e. The summed E-state index contributed by atoms with van der Waals surface area (Å²) < 4.78 is 21.0. The Labute approximate surface area is 240 Å². The van der Waals surface area contributed by atoms with Crippen LogP contribution in [0, 0.1) is 5.82 Å². The first-order valence-electron chi connectivity index (χ1n) is 14.5. The van der Waals surface area contributed by atoms with Crippen LogP contribution in [0.25, 0.3) is 5.65 Å². The van der Waals surface area contributed by atoms with Crippen LogP contribution in [0.1, 0.15) is 37.6 Å². The van der Waals surface area contributed by atoms with Crippen molar-refractivity contribution in [3.05, 3.63) is 59.3 Å². The van der Waals surface area contributed by atoms with Gasteiger partial charge in [0.1, 0.15) is 12.1 Å². The number of morpholine rings is 1. The van der Waals surface area contributed by atoms with E-state index in [1.807, 2.05) is 9.42 Å². The number of aliphatic hydroxyl groups is 1. The first-order valence-corrected chi connectivity index (χ1v) is 14.5. The molecule has 41 heavy (non-hydrogen) atoms. The highest BCUT2D eigenvalue weighted by molar-refractivity contribution is 5.97. The van der Waals surface area contributed by atoms with Gasteiger partial charge in [0.2, 0.25) is 5.91 Å². The fourth-order valence-corrected chi connectivity index (χ4v) is 6.63. The first-order chi connectivity index (χ1) is 19.7. The van der Waals surface area contributed by atoms with Crippen LogP contribution in [0.15, 0.2) is 36.7 Å². The van der Waals surface area contributed by atoms with Gasteiger partial charge in [0.15, 0.2) is 5.65 Å². The number of carbonyl (C=O) groups is 1. The second-order valence-electron chi connectivity index (χ2n) is 12.4. The Bertz CT molecular complexity index is 1390. The van der Waals surface area contributed by atoms with Crippen molar-refractivity contribution in [2.24, 2.45) is 0 Å². The number of hydrogen-bond acceptors (Lipinski definition) is 8. The van der Waals surface area contributed by atoms with Crippen molar-refractivity contribution in [3.63, 3.8) is 0 Å². The number of hydrogen-bond donors (Lipinski definition) is 2. The van der Waals surface area contributed by atoms with Crippen LogP contribution in [0.3, 0.4) is 0 Å². The van der Waals surface area contributed by atoms with E-state index in [1.54, 1.807) is 18.5 Å². The SMILES string of the molecule is C[C@@H]1CN(CC(=O)N2CC(C)(C)c3c2cc(Cc2ccc(F)cc2)c2ncnn32)[C@@H](CN2CCOC[C@H]2CO)CN1. The highest BCUT2D eigenvalue weighted by atomic mass is 19.1. The second-order valence-corrected chi connectivity index (χ2v) is 12.4. The maximum atomic E-state index is 14.1. The molecule has 0 radical (unpaired) electrons. The monoisotopic (exact) mass is 565 g/mol. The van der Waals surface area contributed by atoms with Crippen LogP contribution in [-0.4, -0.2) is 113 Å². The topological polar surface area (TPSA) is 98.5 Å². The average molecular weight is 566 g/mol. The fraction of sp³-hybridized carbons (Fsp3) is 0.567. The molecule has 2 saturated heterocycles. The van der Waals surface area contributed by atoms with Crippen molar-refractivity contribution in [2.45, 2.75) is 50.7 Å². The number of piperazine rings is 1. The highest BCUT2D eigenvalue weighted by Gasteiger charge is 2.42. The summed E-state index contributed by atoms with van der Waals surface area (Å²) in [4.78, 5) is 25.2. The Morgan fingerprint density at radius 3 is 2.80 bits per heavy atom. The molecule has 11 heteroatoms. The number of fused-ring (bicyclic) bond motifs is 3. The Morgan fingerprint density at radius 2 is 2.02 bits per heavy atom. The largest absolute Gasteiger partial charge is 0.395 e. The molecule has 3 atom stereocenters. The van der Waals surface area contributed by atoms with Crippen LogP contribution >= 0.6 is 0 Å². The van der Waals surface area contributed by atoms with Gasteiger partial charge < -0.3 is 20.1 Å². The predicted octanol–water partition coefficient (Wildman–Crippen LogP) is 1.44. The van der Waals surface area contributed by atoms with Gasteiger partial charge in [0.05, 0.1) is 43.8 Å². The Kier molecular flexibility index (Phi) is 7.82. The molecule has 0 saturated carbocycles. The summed E-state index contributed by atoms with van der Waals surface area (Å²) in [6.07, 6.45) is 2.11. The summed E-state index contributed by atoms with van der Waals surface area (Å²) in [5.41, 5.74) is 4.20. The Morgan fingerprint density at radius 1 is 1.22 bits per heavy atom. The molecule has 2 fully saturated rings. The molecule has 1 aromatic carbocycles. The Balaban J connectivity index is 1.27. The van der Waals surface area contributed by atoms with E-state index >= 15 is 0 Å². The van der Waals surface area contributed by atoms with Gasteiger partial charge in [0.25, 0.3) is 0 Å². The average Bonchev–Trinajstić information content (AvgIpc) is 3.54. The van der Waals surface area contributed by atoms with Gasteiger partial charge in [-0.2, -0.15) is 5.10 Å². The lowest BCUT2D eigenvalue weighted by molar-refractivity contribution is -0.121. The van der Waals surface area contributed by atoms with Crippen LogP contribution in [-0.2, 0) is 21.4 Å². The van der Waals surface area contributed by atoms with Crippen LogP contribution in [0.2, 0.25) is 0 Å². The standard InChI is InChI=1S/C30H40FN7O3/c1-20-13-36(24(12-32-20)14-35-8-9-41-17-25(35)16-39)15-27(40)37-18-30(2,3)28-26(37)11-22(29-33-19-34-38(28)29)10-21-4-6-23(31)7-5-21/h4-7,11,19-20,24-25,32,39H,8-10,12-18H2,1-3H3/t20-,24-,25-/m1/s1. The van der Waals surface area contributed by atoms with E-state index in [-0.39, 0.29) is 41.9 Å². The van der Waals surface area contributed by atoms with Crippen molar-refractivity contribution < 1.29 is 19.0 Å². The lowest BCUT2D eigenvalue weighted by atomic mass is 9.90. The van der Waals surface area contributed by atoms with Gasteiger partial charge in [-0.1, -0.05) is 26.0 Å². The maximum Gasteiger partial charge on any atom is 0.241 e. The van der Waals surface area contributed by atoms with Crippen LogP contribution < -0.4 is 10.2 Å². The molecule has 0 aliphatic carbocycles. The van der Waals surface area contributed by atoms with Gasteiger partial charge in [-0.3, -0.25) is 14.6 Å². The molecule has 0 bridgehead atoms. The number of anilines is 1. The molecule has 220 valence electrons. The van der Waals surface area contributed by atoms with E-state index in [1.165, 1.54) is 12.1 Å². The van der Waals surface area contributed by atoms with E-state index in [9.17, 15) is 14.3 Å². The zero-order chi connectivity index (χ0) is 28.7. The highest BCUT2D eigenvalue weighted by Crippen LogP contribution is 2.42. The van der Waals surface area contributed by atoms with E-state index in [2.05, 4.69) is 52.0 Å². The number of rotatable bonds is 7. The quantitative estimate of drug-likeness (QED) is 0.444. The molecule has 2 aromatic heterocycles. The number of amides is 1. The van der Waals surface area contributed by atoms with Gasteiger partial charge in [-0.15, -0.1) is 0 Å². The van der Waals surface area contributed by atoms with E-state index in [0.717, 1.165) is 54.3 Å². The van der Waals surface area contributed by atoms with Gasteiger partial charge in [-0.25, -0.2) is 13.9 Å². The zero-order valence-electron chi connectivity index (χ0n) is 24.1. The lowest BCUT2D eigenvalue weighted by Crippen LogP contribution is -2.62. The van der Waals surface area contributed by atoms with Gasteiger partial charge in [0, 0.05) is 62.2 Å². The summed E-state index contributed by atoms with van der Waals surface area (Å²) >= 11 is 0. The molecule has 5 heterocycles. The summed E-state index contributed by atoms with van der Waals surface area (Å²) in [5, 5.41) is 18.0.